The minimum atomic E-state index is -0.138. The van der Waals surface area contributed by atoms with Gasteiger partial charge < -0.3 is 0 Å². The lowest BCUT2D eigenvalue weighted by Gasteiger charge is -2.15. The topological polar surface area (TPSA) is 23.8 Å². The van der Waals surface area contributed by atoms with Crippen LogP contribution in [0.3, 0.4) is 0 Å². The second-order valence-corrected chi connectivity index (χ2v) is 5.38. The second-order valence-electron chi connectivity index (χ2n) is 3.84. The summed E-state index contributed by atoms with van der Waals surface area (Å²) in [5.41, 5.74) is -0.138. The van der Waals surface area contributed by atoms with E-state index in [0.29, 0.717) is 0 Å². The fourth-order valence-corrected chi connectivity index (χ4v) is 1.96. The Hall–Kier alpha value is -0.160. The van der Waals surface area contributed by atoms with Crippen molar-refractivity contribution in [3.8, 4) is 6.07 Å². The van der Waals surface area contributed by atoms with E-state index in [1.165, 1.54) is 6.42 Å². The van der Waals surface area contributed by atoms with Crippen LogP contribution in [0.15, 0.2) is 0 Å². The van der Waals surface area contributed by atoms with Gasteiger partial charge in [-0.15, -0.1) is 0 Å². The molecule has 0 fully saturated rings. The average Bonchev–Trinajstić information content (AvgIpc) is 2.04. The quantitative estimate of drug-likeness (QED) is 0.655. The molecule has 0 heterocycles. The molecule has 0 radical (unpaired) electrons. The molecule has 12 heavy (non-hydrogen) atoms. The van der Waals surface area contributed by atoms with Crippen LogP contribution in [0.2, 0.25) is 0 Å². The molecular formula is C10H19NS. The van der Waals surface area contributed by atoms with Gasteiger partial charge in [-0.1, -0.05) is 13.8 Å². The highest BCUT2D eigenvalue weighted by atomic mass is 32.2. The molecule has 0 aromatic heterocycles. The highest BCUT2D eigenvalue weighted by molar-refractivity contribution is 7.99. The summed E-state index contributed by atoms with van der Waals surface area (Å²) in [6.07, 6.45) is 2.22. The van der Waals surface area contributed by atoms with Crippen LogP contribution >= 0.6 is 11.8 Å². The van der Waals surface area contributed by atoms with E-state index in [1.54, 1.807) is 0 Å². The molecule has 0 saturated heterocycles. The maximum atomic E-state index is 8.76. The Balaban J connectivity index is 3.51. The van der Waals surface area contributed by atoms with Gasteiger partial charge in [0.05, 0.1) is 11.5 Å². The Morgan fingerprint density at radius 2 is 2.08 bits per heavy atom. The molecule has 0 aliphatic heterocycles. The van der Waals surface area contributed by atoms with Crippen LogP contribution in [0.1, 0.15) is 40.5 Å². The number of hydrogen-bond donors (Lipinski definition) is 0. The molecule has 0 saturated carbocycles. The lowest BCUT2D eigenvalue weighted by molar-refractivity contribution is 0.481. The molecule has 0 aliphatic rings. The molecule has 0 rings (SSSR count). The zero-order chi connectivity index (χ0) is 9.61. The van der Waals surface area contributed by atoms with Crippen LogP contribution in [0.4, 0.5) is 0 Å². The Labute approximate surface area is 80.5 Å². The predicted octanol–water partition coefficient (Wildman–Crippen LogP) is 3.46. The van der Waals surface area contributed by atoms with E-state index < -0.39 is 0 Å². The fraction of sp³-hybridized carbons (Fsp3) is 0.900. The molecule has 1 atom stereocenters. The SMILES string of the molecule is CCC(C)SCCC(C)(C)C#N. The van der Waals surface area contributed by atoms with E-state index in [9.17, 15) is 0 Å². The van der Waals surface area contributed by atoms with Gasteiger partial charge >= 0.3 is 0 Å². The normalized spacial score (nSPS) is 13.9. The van der Waals surface area contributed by atoms with Crippen LogP contribution in [0.25, 0.3) is 0 Å². The average molecular weight is 185 g/mol. The van der Waals surface area contributed by atoms with Crippen molar-refractivity contribution in [2.24, 2.45) is 5.41 Å². The van der Waals surface area contributed by atoms with Gasteiger partial charge in [-0.25, -0.2) is 0 Å². The zero-order valence-electron chi connectivity index (χ0n) is 8.55. The third-order valence-electron chi connectivity index (χ3n) is 2.01. The summed E-state index contributed by atoms with van der Waals surface area (Å²) in [5, 5.41) is 9.49. The van der Waals surface area contributed by atoms with E-state index in [1.807, 2.05) is 25.6 Å². The third kappa shape index (κ3) is 5.49. The van der Waals surface area contributed by atoms with Crippen LogP contribution in [-0.4, -0.2) is 11.0 Å². The molecule has 0 spiro atoms. The van der Waals surface area contributed by atoms with E-state index in [4.69, 9.17) is 5.26 Å². The van der Waals surface area contributed by atoms with Gasteiger partial charge in [0.2, 0.25) is 0 Å². The lowest BCUT2D eigenvalue weighted by Crippen LogP contribution is -2.09. The van der Waals surface area contributed by atoms with Crippen molar-refractivity contribution in [3.63, 3.8) is 0 Å². The Kier molecular flexibility index (Phi) is 5.41. The fourth-order valence-electron chi connectivity index (χ4n) is 0.689. The maximum Gasteiger partial charge on any atom is 0.0684 e. The molecular weight excluding hydrogens is 166 g/mol. The van der Waals surface area contributed by atoms with Gasteiger partial charge in [0, 0.05) is 5.25 Å². The van der Waals surface area contributed by atoms with E-state index in [-0.39, 0.29) is 5.41 Å². The lowest BCUT2D eigenvalue weighted by atomic mass is 9.93. The van der Waals surface area contributed by atoms with Crippen molar-refractivity contribution in [1.82, 2.24) is 0 Å². The van der Waals surface area contributed by atoms with Gasteiger partial charge in [-0.3, -0.25) is 0 Å². The van der Waals surface area contributed by atoms with Crippen molar-refractivity contribution < 1.29 is 0 Å². The highest BCUT2D eigenvalue weighted by Crippen LogP contribution is 2.24. The number of hydrogen-bond acceptors (Lipinski definition) is 2. The monoisotopic (exact) mass is 185 g/mol. The first-order valence-electron chi connectivity index (χ1n) is 4.54. The third-order valence-corrected chi connectivity index (χ3v) is 3.35. The highest BCUT2D eigenvalue weighted by Gasteiger charge is 2.16. The van der Waals surface area contributed by atoms with Crippen molar-refractivity contribution >= 4 is 11.8 Å². The molecule has 2 heteroatoms. The van der Waals surface area contributed by atoms with Gasteiger partial charge in [0.15, 0.2) is 0 Å². The molecule has 0 N–H and O–H groups in total. The number of nitriles is 1. The van der Waals surface area contributed by atoms with E-state index in [2.05, 4.69) is 19.9 Å². The van der Waals surface area contributed by atoms with Gasteiger partial charge in [0.25, 0.3) is 0 Å². The summed E-state index contributed by atoms with van der Waals surface area (Å²) in [6.45, 7) is 8.45. The smallest absolute Gasteiger partial charge is 0.0684 e. The molecule has 70 valence electrons. The number of nitrogens with zero attached hydrogens (tertiary/aromatic N) is 1. The van der Waals surface area contributed by atoms with E-state index in [0.717, 1.165) is 17.4 Å². The van der Waals surface area contributed by atoms with Crippen molar-refractivity contribution in [3.05, 3.63) is 0 Å². The Morgan fingerprint density at radius 1 is 1.50 bits per heavy atom. The minimum Gasteiger partial charge on any atom is -0.198 e. The molecule has 1 nitrogen and oxygen atoms in total. The Bertz CT molecular complexity index is 158. The summed E-state index contributed by atoms with van der Waals surface area (Å²) < 4.78 is 0. The molecule has 1 unspecified atom stereocenters. The van der Waals surface area contributed by atoms with Gasteiger partial charge in [-0.05, 0) is 32.4 Å². The van der Waals surface area contributed by atoms with E-state index >= 15 is 0 Å². The standard InChI is InChI=1S/C10H19NS/c1-5-9(2)12-7-6-10(3,4)8-11/h9H,5-7H2,1-4H3. The van der Waals surface area contributed by atoms with Crippen LogP contribution in [-0.2, 0) is 0 Å². The minimum absolute atomic E-state index is 0.138. The van der Waals surface area contributed by atoms with Crippen LogP contribution in [0.5, 0.6) is 0 Å². The summed E-state index contributed by atoms with van der Waals surface area (Å²) in [5.74, 6) is 1.11. The summed E-state index contributed by atoms with van der Waals surface area (Å²) >= 11 is 1.97. The molecule has 0 aliphatic carbocycles. The molecule has 0 bridgehead atoms. The first-order chi connectivity index (χ1) is 5.52. The van der Waals surface area contributed by atoms with Crippen molar-refractivity contribution in [2.75, 3.05) is 5.75 Å². The molecule has 0 aromatic rings. The number of thioether (sulfide) groups is 1. The summed E-state index contributed by atoms with van der Waals surface area (Å²) in [7, 11) is 0. The zero-order valence-corrected chi connectivity index (χ0v) is 9.37. The Morgan fingerprint density at radius 3 is 2.50 bits per heavy atom. The molecule has 0 aromatic carbocycles. The molecule has 0 amide bonds. The predicted molar refractivity (Wildman–Crippen MR) is 56.2 cm³/mol. The van der Waals surface area contributed by atoms with Crippen LogP contribution in [0, 0.1) is 16.7 Å². The maximum absolute atomic E-state index is 8.76. The second kappa shape index (κ2) is 5.48. The first-order valence-corrected chi connectivity index (χ1v) is 5.59. The van der Waals surface area contributed by atoms with Crippen molar-refractivity contribution in [2.45, 2.75) is 45.8 Å². The summed E-state index contributed by atoms with van der Waals surface area (Å²) in [6, 6.07) is 2.32. The van der Waals surface area contributed by atoms with Gasteiger partial charge in [0.1, 0.15) is 0 Å². The largest absolute Gasteiger partial charge is 0.198 e. The summed E-state index contributed by atoms with van der Waals surface area (Å²) in [4.78, 5) is 0. The van der Waals surface area contributed by atoms with Crippen molar-refractivity contribution in [1.29, 1.82) is 5.26 Å². The first kappa shape index (κ1) is 11.8. The van der Waals surface area contributed by atoms with Crippen LogP contribution < -0.4 is 0 Å². The number of rotatable bonds is 5. The van der Waals surface area contributed by atoms with Gasteiger partial charge in [-0.2, -0.15) is 17.0 Å².